The normalized spacial score (nSPS) is 34.1. The number of fused-ring (bicyclic) bond motifs is 1. The maximum Gasteiger partial charge on any atom is 0.127 e. The van der Waals surface area contributed by atoms with Gasteiger partial charge < -0.3 is 9.84 Å². The first-order valence-electron chi connectivity index (χ1n) is 6.66. The second-order valence-electron chi connectivity index (χ2n) is 6.10. The summed E-state index contributed by atoms with van der Waals surface area (Å²) in [4.78, 5) is 0. The maximum absolute atomic E-state index is 10.3. The summed E-state index contributed by atoms with van der Waals surface area (Å²) in [6.07, 6.45) is 2.52. The molecule has 18 heavy (non-hydrogen) atoms. The third kappa shape index (κ3) is 1.97. The van der Waals surface area contributed by atoms with Gasteiger partial charge in [-0.05, 0) is 36.8 Å². The first kappa shape index (κ1) is 12.5. The van der Waals surface area contributed by atoms with Gasteiger partial charge in [-0.3, -0.25) is 0 Å². The van der Waals surface area contributed by atoms with Crippen LogP contribution in [0.1, 0.15) is 44.8 Å². The summed E-state index contributed by atoms with van der Waals surface area (Å²) in [5, 5.41) is 10.3. The number of aliphatic hydroxyl groups is 1. The third-order valence-corrected chi connectivity index (χ3v) is 4.93. The van der Waals surface area contributed by atoms with Gasteiger partial charge in [0.15, 0.2) is 0 Å². The largest absolute Gasteiger partial charge is 0.487 e. The van der Waals surface area contributed by atoms with E-state index >= 15 is 0 Å². The van der Waals surface area contributed by atoms with Crippen LogP contribution >= 0.6 is 15.9 Å². The molecule has 3 heteroatoms. The van der Waals surface area contributed by atoms with E-state index in [1.807, 2.05) is 18.2 Å². The van der Waals surface area contributed by atoms with Crippen LogP contribution in [0, 0.1) is 11.8 Å². The van der Waals surface area contributed by atoms with E-state index < -0.39 is 0 Å². The van der Waals surface area contributed by atoms with Crippen molar-refractivity contribution >= 4 is 15.9 Å². The lowest BCUT2D eigenvalue weighted by Crippen LogP contribution is -2.53. The molecule has 1 saturated carbocycles. The van der Waals surface area contributed by atoms with Crippen LogP contribution in [0.5, 0.6) is 5.75 Å². The minimum Gasteiger partial charge on any atom is -0.487 e. The van der Waals surface area contributed by atoms with E-state index in [1.165, 1.54) is 0 Å². The Labute approximate surface area is 116 Å². The summed E-state index contributed by atoms with van der Waals surface area (Å²) in [7, 11) is 0. The van der Waals surface area contributed by atoms with Gasteiger partial charge in [0.25, 0.3) is 0 Å². The Kier molecular flexibility index (Phi) is 2.94. The highest BCUT2D eigenvalue weighted by Crippen LogP contribution is 2.53. The zero-order valence-electron chi connectivity index (χ0n) is 10.8. The molecule has 1 fully saturated rings. The lowest BCUT2D eigenvalue weighted by atomic mass is 9.63. The molecule has 1 aromatic rings. The molecule has 1 atom stereocenters. The van der Waals surface area contributed by atoms with Crippen LogP contribution < -0.4 is 4.74 Å². The predicted molar refractivity (Wildman–Crippen MR) is 74.6 cm³/mol. The van der Waals surface area contributed by atoms with Crippen molar-refractivity contribution in [1.29, 1.82) is 0 Å². The minimum atomic E-state index is -0.380. The summed E-state index contributed by atoms with van der Waals surface area (Å²) >= 11 is 3.46. The van der Waals surface area contributed by atoms with Crippen LogP contribution in [0.25, 0.3) is 0 Å². The van der Waals surface area contributed by atoms with Crippen LogP contribution in [-0.2, 0) is 0 Å². The predicted octanol–water partition coefficient (Wildman–Crippen LogP) is 4.07. The molecule has 0 saturated heterocycles. The molecule has 0 aromatic heterocycles. The molecule has 0 bridgehead atoms. The quantitative estimate of drug-likeness (QED) is 0.847. The fourth-order valence-electron chi connectivity index (χ4n) is 3.23. The van der Waals surface area contributed by atoms with Gasteiger partial charge >= 0.3 is 0 Å². The van der Waals surface area contributed by atoms with Gasteiger partial charge in [0, 0.05) is 16.5 Å². The summed E-state index contributed by atoms with van der Waals surface area (Å²) in [5.41, 5.74) is 0.819. The van der Waals surface area contributed by atoms with Crippen molar-refractivity contribution in [3.8, 4) is 5.75 Å². The van der Waals surface area contributed by atoms with Crippen molar-refractivity contribution in [3.05, 3.63) is 28.2 Å². The highest BCUT2D eigenvalue weighted by atomic mass is 79.9. The second-order valence-corrected chi connectivity index (χ2v) is 7.02. The number of aliphatic hydroxyl groups excluding tert-OH is 1. The Morgan fingerprint density at radius 2 is 2.06 bits per heavy atom. The van der Waals surface area contributed by atoms with Crippen LogP contribution in [0.15, 0.2) is 22.7 Å². The topological polar surface area (TPSA) is 29.5 Å². The lowest BCUT2D eigenvalue weighted by molar-refractivity contribution is -0.108. The Morgan fingerprint density at radius 3 is 2.72 bits per heavy atom. The van der Waals surface area contributed by atoms with E-state index in [1.54, 1.807) is 0 Å². The fraction of sp³-hybridized carbons (Fsp3) is 0.600. The molecule has 2 aliphatic rings. The van der Waals surface area contributed by atoms with Gasteiger partial charge in [0.05, 0.1) is 6.10 Å². The van der Waals surface area contributed by atoms with Gasteiger partial charge in [0.1, 0.15) is 11.4 Å². The SMILES string of the molecule is CC(C)C1CC2(C1)C[C@@H](O)c1ccc(Br)cc1O2. The summed E-state index contributed by atoms with van der Waals surface area (Å²) in [5.74, 6) is 2.30. The Bertz CT molecular complexity index is 464. The van der Waals surface area contributed by atoms with E-state index in [9.17, 15) is 5.11 Å². The van der Waals surface area contributed by atoms with Crippen molar-refractivity contribution in [3.63, 3.8) is 0 Å². The minimum absolute atomic E-state index is 0.109. The van der Waals surface area contributed by atoms with Crippen LogP contribution in [-0.4, -0.2) is 10.7 Å². The van der Waals surface area contributed by atoms with Gasteiger partial charge in [-0.1, -0.05) is 35.8 Å². The molecule has 0 radical (unpaired) electrons. The number of halogens is 1. The molecule has 1 spiro atoms. The first-order chi connectivity index (χ1) is 8.49. The molecule has 2 nitrogen and oxygen atoms in total. The molecular formula is C15H19BrO2. The Balaban J connectivity index is 1.84. The monoisotopic (exact) mass is 310 g/mol. The molecular weight excluding hydrogens is 292 g/mol. The van der Waals surface area contributed by atoms with Crippen molar-refractivity contribution in [2.75, 3.05) is 0 Å². The number of ether oxygens (including phenoxy) is 1. The smallest absolute Gasteiger partial charge is 0.127 e. The molecule has 1 aliphatic carbocycles. The Morgan fingerprint density at radius 1 is 1.33 bits per heavy atom. The van der Waals surface area contributed by atoms with E-state index in [2.05, 4.69) is 29.8 Å². The zero-order chi connectivity index (χ0) is 12.9. The maximum atomic E-state index is 10.3. The van der Waals surface area contributed by atoms with Crippen LogP contribution in [0.2, 0.25) is 0 Å². The van der Waals surface area contributed by atoms with Gasteiger partial charge in [-0.25, -0.2) is 0 Å². The standard InChI is InChI=1S/C15H19BrO2/c1-9(2)10-6-15(7-10)8-13(17)12-4-3-11(16)5-14(12)18-15/h3-5,9-10,13,17H,6-8H2,1-2H3/t10?,13-,15?/m1/s1. The fourth-order valence-corrected chi connectivity index (χ4v) is 3.57. The molecule has 1 heterocycles. The van der Waals surface area contributed by atoms with E-state index in [0.717, 1.165) is 41.0 Å². The van der Waals surface area contributed by atoms with Gasteiger partial charge in [-0.2, -0.15) is 0 Å². The third-order valence-electron chi connectivity index (χ3n) is 4.44. The highest BCUT2D eigenvalue weighted by molar-refractivity contribution is 9.10. The molecule has 1 aliphatic heterocycles. The molecule has 0 unspecified atom stereocenters. The lowest BCUT2D eigenvalue weighted by Gasteiger charge is -2.52. The number of hydrogen-bond donors (Lipinski definition) is 1. The summed E-state index contributed by atoms with van der Waals surface area (Å²) in [6.45, 7) is 4.53. The number of rotatable bonds is 1. The molecule has 98 valence electrons. The van der Waals surface area contributed by atoms with Gasteiger partial charge in [-0.15, -0.1) is 0 Å². The molecule has 1 aromatic carbocycles. The van der Waals surface area contributed by atoms with E-state index in [-0.39, 0.29) is 11.7 Å². The van der Waals surface area contributed by atoms with Crippen molar-refractivity contribution < 1.29 is 9.84 Å². The first-order valence-corrected chi connectivity index (χ1v) is 7.45. The summed E-state index contributed by atoms with van der Waals surface area (Å²) in [6, 6.07) is 5.89. The van der Waals surface area contributed by atoms with Crippen LogP contribution in [0.3, 0.4) is 0 Å². The van der Waals surface area contributed by atoms with Crippen molar-refractivity contribution in [2.24, 2.45) is 11.8 Å². The number of benzene rings is 1. The molecule has 0 amide bonds. The number of hydrogen-bond acceptors (Lipinski definition) is 2. The van der Waals surface area contributed by atoms with Crippen molar-refractivity contribution in [2.45, 2.75) is 44.8 Å². The highest BCUT2D eigenvalue weighted by Gasteiger charge is 2.51. The average Bonchev–Trinajstić information content (AvgIpc) is 2.24. The van der Waals surface area contributed by atoms with Gasteiger partial charge in [0.2, 0.25) is 0 Å². The Hall–Kier alpha value is -0.540. The van der Waals surface area contributed by atoms with Crippen LogP contribution in [0.4, 0.5) is 0 Å². The zero-order valence-corrected chi connectivity index (χ0v) is 12.4. The second kappa shape index (κ2) is 4.24. The molecule has 1 N–H and O–H groups in total. The van der Waals surface area contributed by atoms with E-state index in [0.29, 0.717) is 5.92 Å². The van der Waals surface area contributed by atoms with E-state index in [4.69, 9.17) is 4.74 Å². The average molecular weight is 311 g/mol. The summed E-state index contributed by atoms with van der Waals surface area (Å²) < 4.78 is 7.20. The van der Waals surface area contributed by atoms with Crippen molar-refractivity contribution in [1.82, 2.24) is 0 Å². The molecule has 3 rings (SSSR count).